The number of piperazine rings is 1. The van der Waals surface area contributed by atoms with Crippen molar-refractivity contribution < 1.29 is 13.9 Å². The number of hydrogen-bond donors (Lipinski definition) is 3. The highest BCUT2D eigenvalue weighted by Crippen LogP contribution is 2.38. The predicted octanol–water partition coefficient (Wildman–Crippen LogP) is 6.63. The van der Waals surface area contributed by atoms with Gasteiger partial charge in [-0.1, -0.05) is 29.8 Å². The molecule has 3 N–H and O–H groups in total. The van der Waals surface area contributed by atoms with Gasteiger partial charge in [0, 0.05) is 74.3 Å². The molecule has 1 atom stereocenters. The summed E-state index contributed by atoms with van der Waals surface area (Å²) in [5.41, 5.74) is 2.43. The minimum atomic E-state index is -0.516. The van der Waals surface area contributed by atoms with Gasteiger partial charge in [0.1, 0.15) is 17.5 Å². The monoisotopic (exact) mass is 666 g/mol. The smallest absolute Gasteiger partial charge is 0.247 e. The van der Waals surface area contributed by atoms with E-state index in [-0.39, 0.29) is 5.69 Å². The maximum absolute atomic E-state index is 16.0. The van der Waals surface area contributed by atoms with Crippen molar-refractivity contribution in [2.75, 3.05) is 61.8 Å². The number of carbonyl (C=O) groups excluding carboxylic acids is 1. The molecule has 1 amide bonds. The second-order valence-corrected chi connectivity index (χ2v) is 12.6. The summed E-state index contributed by atoms with van der Waals surface area (Å²) < 4.78 is 22.1. The van der Waals surface area contributed by atoms with Crippen LogP contribution in [0.15, 0.2) is 55.4 Å². The van der Waals surface area contributed by atoms with E-state index in [1.54, 1.807) is 18.2 Å². The fraction of sp³-hybridized carbons (Fsp3) is 0.364. The molecule has 0 spiro atoms. The molecule has 46 heavy (non-hydrogen) atoms. The van der Waals surface area contributed by atoms with Crippen LogP contribution in [0.25, 0.3) is 10.9 Å². The number of anilines is 4. The van der Waals surface area contributed by atoms with Crippen molar-refractivity contribution in [2.45, 2.75) is 31.9 Å². The summed E-state index contributed by atoms with van der Waals surface area (Å²) in [6, 6.07) is 9.24. The van der Waals surface area contributed by atoms with Gasteiger partial charge in [0.15, 0.2) is 11.6 Å². The van der Waals surface area contributed by atoms with Gasteiger partial charge >= 0.3 is 0 Å². The second-order valence-electron chi connectivity index (χ2n) is 11.8. The molecular formula is C33H37Cl2FN8O2. The fourth-order valence-corrected chi connectivity index (χ4v) is 6.89. The number of carbonyl (C=O) groups is 1. The Bertz CT molecular complexity index is 1710. The minimum Gasteiger partial charge on any atom is -0.486 e. The Morgan fingerprint density at radius 1 is 1.11 bits per heavy atom. The van der Waals surface area contributed by atoms with Gasteiger partial charge in [-0.2, -0.15) is 5.10 Å². The second kappa shape index (κ2) is 13.8. The molecule has 2 fully saturated rings. The maximum atomic E-state index is 16.0. The van der Waals surface area contributed by atoms with E-state index < -0.39 is 17.8 Å². The van der Waals surface area contributed by atoms with Crippen LogP contribution in [0.4, 0.5) is 27.3 Å². The number of nitrogens with one attached hydrogen (secondary N) is 3. The summed E-state index contributed by atoms with van der Waals surface area (Å²) >= 11 is 12.7. The number of amides is 1. The lowest BCUT2D eigenvalue weighted by Gasteiger charge is -2.42. The molecular weight excluding hydrogens is 630 g/mol. The van der Waals surface area contributed by atoms with Gasteiger partial charge < -0.3 is 25.2 Å². The highest BCUT2D eigenvalue weighted by Gasteiger charge is 2.28. The molecule has 2 saturated heterocycles. The highest BCUT2D eigenvalue weighted by atomic mass is 35.5. The number of likely N-dealkylation sites (N-methyl/N-ethyl adjacent to an activating group) is 1. The molecule has 0 aliphatic carbocycles. The number of piperidine rings is 1. The van der Waals surface area contributed by atoms with Crippen molar-refractivity contribution >= 4 is 62.9 Å². The molecule has 242 valence electrons. The third-order valence-electron chi connectivity index (χ3n) is 8.79. The van der Waals surface area contributed by atoms with Crippen LogP contribution in [0.3, 0.4) is 0 Å². The number of ether oxygens (including phenoxy) is 1. The number of benzene rings is 2. The molecule has 0 unspecified atom stereocenters. The summed E-state index contributed by atoms with van der Waals surface area (Å²) in [6.45, 7) is 11.3. The average molecular weight is 668 g/mol. The largest absolute Gasteiger partial charge is 0.486 e. The lowest BCUT2D eigenvalue weighted by Crippen LogP contribution is -2.52. The Kier molecular flexibility index (Phi) is 9.65. The number of aromatic amines is 1. The minimum absolute atomic E-state index is 0.0923. The van der Waals surface area contributed by atoms with E-state index in [1.807, 2.05) is 13.0 Å². The van der Waals surface area contributed by atoms with E-state index in [2.05, 4.69) is 54.1 Å². The average Bonchev–Trinajstić information content (AvgIpc) is 3.44. The van der Waals surface area contributed by atoms with Gasteiger partial charge in [0.05, 0.1) is 21.2 Å². The molecule has 2 aliphatic rings. The molecule has 0 radical (unpaired) electrons. The van der Waals surface area contributed by atoms with Crippen LogP contribution < -0.4 is 20.3 Å². The third-order valence-corrected chi connectivity index (χ3v) is 9.39. The van der Waals surface area contributed by atoms with Crippen molar-refractivity contribution in [1.29, 1.82) is 0 Å². The van der Waals surface area contributed by atoms with Crippen LogP contribution in [-0.4, -0.2) is 83.2 Å². The number of hydrogen-bond acceptors (Lipinski definition) is 8. The quantitative estimate of drug-likeness (QED) is 0.171. The van der Waals surface area contributed by atoms with Crippen molar-refractivity contribution in [3.05, 3.63) is 76.8 Å². The molecule has 2 aliphatic heterocycles. The Balaban J connectivity index is 1.23. The first-order valence-corrected chi connectivity index (χ1v) is 16.1. The standard InChI is InChI=1S/C33H37Cl2FN8O2/c1-4-30(45)38-29-16-22(43-9-7-21(8-10-43)44-13-11-42(3)12-14-44)15-27(36)32(29)39-33-24-17-23(5-6-28(24)40-41-33)46-20(2)31-25(34)18-37-19-26(31)35/h4-6,15-21H,1,7-14H2,2-3H3,(H,38,45)(H2,39,40,41)/t20-/m1/s1. The summed E-state index contributed by atoms with van der Waals surface area (Å²) in [5.74, 6) is -0.0678. The zero-order valence-corrected chi connectivity index (χ0v) is 27.3. The van der Waals surface area contributed by atoms with Gasteiger partial charge in [-0.3, -0.25) is 19.8 Å². The van der Waals surface area contributed by atoms with Gasteiger partial charge in [-0.25, -0.2) is 4.39 Å². The van der Waals surface area contributed by atoms with Gasteiger partial charge in [-0.15, -0.1) is 0 Å². The van der Waals surface area contributed by atoms with Gasteiger partial charge in [0.25, 0.3) is 0 Å². The summed E-state index contributed by atoms with van der Waals surface area (Å²) in [4.78, 5) is 23.6. The first-order valence-electron chi connectivity index (χ1n) is 15.4. The number of aromatic nitrogens is 3. The lowest BCUT2D eigenvalue weighted by atomic mass is 10.0. The maximum Gasteiger partial charge on any atom is 0.247 e. The Hall–Kier alpha value is -3.90. The Labute approximate surface area is 277 Å². The van der Waals surface area contributed by atoms with Crippen LogP contribution in [0.1, 0.15) is 31.4 Å². The molecule has 6 rings (SSSR count). The Morgan fingerprint density at radius 3 is 2.52 bits per heavy atom. The van der Waals surface area contributed by atoms with Gasteiger partial charge in [-0.05, 0) is 63.2 Å². The van der Waals surface area contributed by atoms with Crippen molar-refractivity contribution in [2.24, 2.45) is 0 Å². The molecule has 2 aromatic heterocycles. The first-order chi connectivity index (χ1) is 22.2. The van der Waals surface area contributed by atoms with E-state index in [1.165, 1.54) is 18.5 Å². The van der Waals surface area contributed by atoms with E-state index in [4.69, 9.17) is 27.9 Å². The number of pyridine rings is 1. The number of rotatable bonds is 9. The summed E-state index contributed by atoms with van der Waals surface area (Å²) in [5, 5.41) is 14.7. The van der Waals surface area contributed by atoms with Gasteiger partial charge in [0.2, 0.25) is 5.91 Å². The number of halogens is 3. The zero-order chi connectivity index (χ0) is 32.4. The van der Waals surface area contributed by atoms with Crippen LogP contribution in [-0.2, 0) is 4.79 Å². The number of nitrogens with zero attached hydrogens (tertiary/aromatic N) is 5. The third kappa shape index (κ3) is 6.92. The SMILES string of the molecule is C=CC(=O)Nc1cc(N2CCC(N3CCN(C)CC3)CC2)cc(F)c1Nc1n[nH]c2ccc(O[C@H](C)c3c(Cl)cncc3Cl)cc12. The zero-order valence-electron chi connectivity index (χ0n) is 25.8. The van der Waals surface area contributed by atoms with Crippen molar-refractivity contribution in [1.82, 2.24) is 25.0 Å². The van der Waals surface area contributed by atoms with Crippen LogP contribution in [0.2, 0.25) is 10.0 Å². The molecule has 0 bridgehead atoms. The molecule has 2 aromatic carbocycles. The molecule has 4 heterocycles. The summed E-state index contributed by atoms with van der Waals surface area (Å²) in [7, 11) is 2.16. The molecule has 10 nitrogen and oxygen atoms in total. The topological polar surface area (TPSA) is 102 Å². The van der Waals surface area contributed by atoms with E-state index >= 15 is 4.39 Å². The van der Waals surface area contributed by atoms with E-state index in [0.29, 0.717) is 55.5 Å². The number of fused-ring (bicyclic) bond motifs is 1. The van der Waals surface area contributed by atoms with Crippen molar-refractivity contribution in [3.8, 4) is 5.75 Å². The predicted molar refractivity (Wildman–Crippen MR) is 182 cm³/mol. The van der Waals surface area contributed by atoms with Crippen LogP contribution >= 0.6 is 23.2 Å². The fourth-order valence-electron chi connectivity index (χ4n) is 6.21. The molecule has 4 aromatic rings. The normalized spacial score (nSPS) is 17.2. The highest BCUT2D eigenvalue weighted by molar-refractivity contribution is 6.35. The van der Waals surface area contributed by atoms with Crippen LogP contribution in [0.5, 0.6) is 5.75 Å². The molecule has 0 saturated carbocycles. The van der Waals surface area contributed by atoms with E-state index in [9.17, 15) is 4.79 Å². The molecule has 13 heteroatoms. The van der Waals surface area contributed by atoms with E-state index in [0.717, 1.165) is 58.2 Å². The Morgan fingerprint density at radius 2 is 1.83 bits per heavy atom. The number of H-pyrrole nitrogens is 1. The lowest BCUT2D eigenvalue weighted by molar-refractivity contribution is -0.111. The summed E-state index contributed by atoms with van der Waals surface area (Å²) in [6.07, 6.45) is 5.72. The van der Waals surface area contributed by atoms with Crippen LogP contribution in [0, 0.1) is 5.82 Å². The van der Waals surface area contributed by atoms with Crippen molar-refractivity contribution in [3.63, 3.8) is 0 Å². The first kappa shape index (κ1) is 32.1.